The quantitative estimate of drug-likeness (QED) is 0.594. The predicted octanol–water partition coefficient (Wildman–Crippen LogP) is 3.47. The first-order valence-electron chi connectivity index (χ1n) is 8.42. The lowest BCUT2D eigenvalue weighted by Crippen LogP contribution is -2.28. The van der Waals surface area contributed by atoms with Crippen molar-refractivity contribution in [3.63, 3.8) is 0 Å². The number of hydrogen-bond acceptors (Lipinski definition) is 4. The molecular formula is C17H24FN3O2. The van der Waals surface area contributed by atoms with Crippen LogP contribution < -0.4 is 4.74 Å². The average Bonchev–Trinajstić information content (AvgIpc) is 3.10. The first-order valence-corrected chi connectivity index (χ1v) is 8.42. The highest BCUT2D eigenvalue weighted by molar-refractivity contribution is 5.61. The lowest BCUT2D eigenvalue weighted by Gasteiger charge is -2.27. The van der Waals surface area contributed by atoms with E-state index >= 15 is 0 Å². The Kier molecular flexibility index (Phi) is 5.80. The van der Waals surface area contributed by atoms with Gasteiger partial charge in [0.25, 0.3) is 0 Å². The van der Waals surface area contributed by atoms with Gasteiger partial charge in [0.15, 0.2) is 6.86 Å². The summed E-state index contributed by atoms with van der Waals surface area (Å²) in [5.74, 6) is 0.625. The molecule has 1 aromatic heterocycles. The molecule has 0 amide bonds. The first-order chi connectivity index (χ1) is 11.3. The first kappa shape index (κ1) is 16.2. The lowest BCUT2D eigenvalue weighted by atomic mass is 9.95. The number of nitrogens with zero attached hydrogens (tertiary/aromatic N) is 3. The Balaban J connectivity index is 1.46. The molecule has 1 aliphatic heterocycles. The molecule has 0 N–H and O–H groups in total. The van der Waals surface area contributed by atoms with Crippen molar-refractivity contribution in [3.8, 4) is 5.88 Å². The zero-order valence-electron chi connectivity index (χ0n) is 13.4. The van der Waals surface area contributed by atoms with Crippen LogP contribution in [-0.2, 0) is 4.74 Å². The number of likely N-dealkylation sites (tertiary alicyclic amines) is 1. The molecule has 1 saturated heterocycles. The number of hydrogen-bond donors (Lipinski definition) is 0. The standard InChI is InChI=1S/C17H24FN3O2/c18-12-22-15-4-6-16(7-5-15)23-17-8-3-14(11-19-17)20-13-21-9-1-2-10-21/h3,8,11,13,15-16H,1-2,4-7,9-10,12H2/b20-13+/t15-,16-. The van der Waals surface area contributed by atoms with Gasteiger partial charge in [-0.1, -0.05) is 0 Å². The van der Waals surface area contributed by atoms with Gasteiger partial charge in [0.1, 0.15) is 6.10 Å². The summed E-state index contributed by atoms with van der Waals surface area (Å²) in [6.45, 7) is 1.48. The summed E-state index contributed by atoms with van der Waals surface area (Å²) in [7, 11) is 0. The molecule has 126 valence electrons. The van der Waals surface area contributed by atoms with Crippen LogP contribution in [0.3, 0.4) is 0 Å². The Morgan fingerprint density at radius 1 is 1.17 bits per heavy atom. The van der Waals surface area contributed by atoms with Crippen LogP contribution in [0, 0.1) is 0 Å². The van der Waals surface area contributed by atoms with Gasteiger partial charge in [0.2, 0.25) is 5.88 Å². The van der Waals surface area contributed by atoms with Gasteiger partial charge in [-0.2, -0.15) is 0 Å². The van der Waals surface area contributed by atoms with Crippen molar-refractivity contribution in [1.82, 2.24) is 9.88 Å². The molecule has 2 fully saturated rings. The van der Waals surface area contributed by atoms with Crippen LogP contribution in [0.2, 0.25) is 0 Å². The number of aromatic nitrogens is 1. The topological polar surface area (TPSA) is 47.0 Å². The summed E-state index contributed by atoms with van der Waals surface area (Å²) in [5, 5.41) is 0. The molecule has 5 nitrogen and oxygen atoms in total. The van der Waals surface area contributed by atoms with Crippen molar-refractivity contribution in [1.29, 1.82) is 0 Å². The van der Waals surface area contributed by atoms with Crippen LogP contribution in [-0.4, -0.2) is 48.4 Å². The Hall–Kier alpha value is -1.69. The maximum absolute atomic E-state index is 12.1. The van der Waals surface area contributed by atoms with E-state index in [1.54, 1.807) is 6.20 Å². The number of halogens is 1. The molecule has 3 rings (SSSR count). The summed E-state index contributed by atoms with van der Waals surface area (Å²) >= 11 is 0. The molecule has 1 saturated carbocycles. The summed E-state index contributed by atoms with van der Waals surface area (Å²) in [4.78, 5) is 11.0. The fraction of sp³-hybridized carbons (Fsp3) is 0.647. The summed E-state index contributed by atoms with van der Waals surface area (Å²) < 4.78 is 23.0. The molecule has 0 bridgehead atoms. The summed E-state index contributed by atoms with van der Waals surface area (Å²) in [6.07, 6.45) is 9.74. The second kappa shape index (κ2) is 8.24. The largest absolute Gasteiger partial charge is 0.474 e. The number of alkyl halides is 1. The normalized spacial score (nSPS) is 25.2. The highest BCUT2D eigenvalue weighted by Gasteiger charge is 2.23. The van der Waals surface area contributed by atoms with E-state index in [-0.39, 0.29) is 12.2 Å². The Bertz CT molecular complexity index is 495. The molecule has 0 atom stereocenters. The molecular weight excluding hydrogens is 297 g/mol. The number of rotatable bonds is 6. The minimum atomic E-state index is -0.697. The van der Waals surface area contributed by atoms with Gasteiger partial charge in [-0.3, -0.25) is 0 Å². The van der Waals surface area contributed by atoms with Gasteiger partial charge < -0.3 is 14.4 Å². The summed E-state index contributed by atoms with van der Waals surface area (Å²) in [6, 6.07) is 3.79. The second-order valence-corrected chi connectivity index (χ2v) is 6.13. The van der Waals surface area contributed by atoms with Crippen LogP contribution in [0.4, 0.5) is 10.1 Å². The third kappa shape index (κ3) is 4.89. The molecule has 1 aliphatic carbocycles. The van der Waals surface area contributed by atoms with Crippen LogP contribution in [0.5, 0.6) is 5.88 Å². The van der Waals surface area contributed by atoms with Gasteiger partial charge >= 0.3 is 0 Å². The van der Waals surface area contributed by atoms with Crippen molar-refractivity contribution in [2.24, 2.45) is 4.99 Å². The molecule has 6 heteroatoms. The van der Waals surface area contributed by atoms with Crippen molar-refractivity contribution < 1.29 is 13.9 Å². The van der Waals surface area contributed by atoms with Crippen LogP contribution >= 0.6 is 0 Å². The second-order valence-electron chi connectivity index (χ2n) is 6.13. The Labute approximate surface area is 136 Å². The third-order valence-electron chi connectivity index (χ3n) is 4.44. The third-order valence-corrected chi connectivity index (χ3v) is 4.44. The molecule has 1 aromatic rings. The van der Waals surface area contributed by atoms with E-state index in [0.29, 0.717) is 5.88 Å². The monoisotopic (exact) mass is 321 g/mol. The molecule has 2 heterocycles. The average molecular weight is 321 g/mol. The Morgan fingerprint density at radius 3 is 2.57 bits per heavy atom. The number of pyridine rings is 1. The minimum Gasteiger partial charge on any atom is -0.474 e. The maximum Gasteiger partial charge on any atom is 0.213 e. The predicted molar refractivity (Wildman–Crippen MR) is 86.9 cm³/mol. The number of aliphatic imine (C=N–C) groups is 1. The maximum atomic E-state index is 12.1. The summed E-state index contributed by atoms with van der Waals surface area (Å²) in [5.41, 5.74) is 0.837. The lowest BCUT2D eigenvalue weighted by molar-refractivity contribution is -0.0374. The van der Waals surface area contributed by atoms with Gasteiger partial charge in [0, 0.05) is 19.2 Å². The fourth-order valence-corrected chi connectivity index (χ4v) is 3.10. The van der Waals surface area contributed by atoms with Crippen LogP contribution in [0.1, 0.15) is 38.5 Å². The van der Waals surface area contributed by atoms with E-state index in [2.05, 4.69) is 14.9 Å². The smallest absolute Gasteiger partial charge is 0.213 e. The van der Waals surface area contributed by atoms with E-state index in [9.17, 15) is 4.39 Å². The van der Waals surface area contributed by atoms with E-state index in [4.69, 9.17) is 9.47 Å². The SMILES string of the molecule is FCO[C@H]1CC[C@H](Oc2ccc(/N=C/N3CCCC3)cn2)CC1. The minimum absolute atomic E-state index is 0.0371. The van der Waals surface area contributed by atoms with E-state index in [1.165, 1.54) is 12.8 Å². The van der Waals surface area contributed by atoms with Crippen LogP contribution in [0.25, 0.3) is 0 Å². The molecule has 0 aromatic carbocycles. The zero-order chi connectivity index (χ0) is 15.9. The van der Waals surface area contributed by atoms with E-state index < -0.39 is 6.86 Å². The molecule has 0 radical (unpaired) electrons. The van der Waals surface area contributed by atoms with Crippen molar-refractivity contribution in [2.45, 2.75) is 50.7 Å². The van der Waals surface area contributed by atoms with E-state index in [0.717, 1.165) is 44.5 Å². The fourth-order valence-electron chi connectivity index (χ4n) is 3.10. The van der Waals surface area contributed by atoms with Gasteiger partial charge in [-0.05, 0) is 44.6 Å². The van der Waals surface area contributed by atoms with E-state index in [1.807, 2.05) is 18.5 Å². The van der Waals surface area contributed by atoms with Gasteiger partial charge in [0.05, 0.1) is 24.3 Å². The van der Waals surface area contributed by atoms with Gasteiger partial charge in [-0.15, -0.1) is 0 Å². The van der Waals surface area contributed by atoms with Gasteiger partial charge in [-0.25, -0.2) is 14.4 Å². The molecule has 0 spiro atoms. The molecule has 23 heavy (non-hydrogen) atoms. The van der Waals surface area contributed by atoms with Crippen molar-refractivity contribution in [3.05, 3.63) is 18.3 Å². The Morgan fingerprint density at radius 2 is 1.91 bits per heavy atom. The highest BCUT2D eigenvalue weighted by Crippen LogP contribution is 2.25. The van der Waals surface area contributed by atoms with Crippen molar-refractivity contribution in [2.75, 3.05) is 20.0 Å². The number of ether oxygens (including phenoxy) is 2. The zero-order valence-corrected chi connectivity index (χ0v) is 13.4. The highest BCUT2D eigenvalue weighted by atomic mass is 19.1. The van der Waals surface area contributed by atoms with Crippen molar-refractivity contribution >= 4 is 12.0 Å². The molecule has 0 unspecified atom stereocenters. The molecule has 2 aliphatic rings. The van der Waals surface area contributed by atoms with Crippen LogP contribution in [0.15, 0.2) is 23.3 Å².